The lowest BCUT2D eigenvalue weighted by Gasteiger charge is -2.10. The number of carbonyl (C=O) groups excluding carboxylic acids is 1. The number of pyridine rings is 1. The third-order valence-electron chi connectivity index (χ3n) is 3.51. The van der Waals surface area contributed by atoms with Crippen LogP contribution < -0.4 is 0 Å². The van der Waals surface area contributed by atoms with E-state index < -0.39 is 11.7 Å². The Kier molecular flexibility index (Phi) is 3.24. The van der Waals surface area contributed by atoms with Gasteiger partial charge in [-0.25, -0.2) is 4.98 Å². The van der Waals surface area contributed by atoms with Crippen molar-refractivity contribution in [3.8, 4) is 11.1 Å². The number of rotatable bonds is 2. The first-order valence-electron chi connectivity index (χ1n) is 6.48. The van der Waals surface area contributed by atoms with Crippen LogP contribution in [0.1, 0.15) is 15.9 Å². The number of nitrogens with zero attached hydrogens (tertiary/aromatic N) is 2. The number of benzene rings is 1. The van der Waals surface area contributed by atoms with Crippen LogP contribution in [0.4, 0.5) is 13.2 Å². The van der Waals surface area contributed by atoms with Gasteiger partial charge < -0.3 is 4.57 Å². The van der Waals surface area contributed by atoms with Gasteiger partial charge in [0, 0.05) is 30.4 Å². The molecule has 0 bridgehead atoms. The number of carbonyl (C=O) groups is 1. The maximum absolute atomic E-state index is 12.9. The summed E-state index contributed by atoms with van der Waals surface area (Å²) in [6.45, 7) is 0. The van der Waals surface area contributed by atoms with Crippen molar-refractivity contribution < 1.29 is 18.0 Å². The monoisotopic (exact) mass is 304 g/mol. The molecular weight excluding hydrogens is 293 g/mol. The lowest BCUT2D eigenvalue weighted by molar-refractivity contribution is -0.137. The van der Waals surface area contributed by atoms with Crippen molar-refractivity contribution in [3.05, 3.63) is 53.9 Å². The van der Waals surface area contributed by atoms with Gasteiger partial charge in [-0.15, -0.1) is 0 Å². The largest absolute Gasteiger partial charge is 0.416 e. The van der Waals surface area contributed by atoms with Crippen molar-refractivity contribution in [1.29, 1.82) is 0 Å². The first kappa shape index (κ1) is 14.3. The average Bonchev–Trinajstić information content (AvgIpc) is 2.83. The molecule has 0 aliphatic rings. The molecule has 0 aliphatic heterocycles. The van der Waals surface area contributed by atoms with E-state index in [2.05, 4.69) is 4.98 Å². The highest BCUT2D eigenvalue weighted by molar-refractivity contribution is 6.04. The van der Waals surface area contributed by atoms with Crippen molar-refractivity contribution in [2.45, 2.75) is 6.18 Å². The van der Waals surface area contributed by atoms with Gasteiger partial charge in [-0.1, -0.05) is 12.1 Å². The Labute approximate surface area is 124 Å². The van der Waals surface area contributed by atoms with E-state index in [1.165, 1.54) is 12.3 Å². The Hall–Kier alpha value is -2.63. The van der Waals surface area contributed by atoms with Crippen molar-refractivity contribution in [2.75, 3.05) is 0 Å². The molecule has 3 rings (SSSR count). The van der Waals surface area contributed by atoms with E-state index in [9.17, 15) is 18.0 Å². The molecule has 22 heavy (non-hydrogen) atoms. The van der Waals surface area contributed by atoms with Gasteiger partial charge in [-0.05, 0) is 29.3 Å². The van der Waals surface area contributed by atoms with E-state index in [4.69, 9.17) is 0 Å². The molecule has 0 aliphatic carbocycles. The van der Waals surface area contributed by atoms with E-state index in [1.807, 2.05) is 0 Å². The number of hydrogen-bond acceptors (Lipinski definition) is 2. The molecule has 3 nitrogen and oxygen atoms in total. The number of aromatic nitrogens is 2. The van der Waals surface area contributed by atoms with Crippen LogP contribution in [0.25, 0.3) is 22.2 Å². The Morgan fingerprint density at radius 1 is 1.23 bits per heavy atom. The van der Waals surface area contributed by atoms with Crippen LogP contribution in [0.3, 0.4) is 0 Å². The molecule has 112 valence electrons. The van der Waals surface area contributed by atoms with Crippen molar-refractivity contribution >= 4 is 17.3 Å². The zero-order valence-corrected chi connectivity index (χ0v) is 11.6. The van der Waals surface area contributed by atoms with Crippen LogP contribution in [-0.4, -0.2) is 15.8 Å². The number of fused-ring (bicyclic) bond motifs is 1. The van der Waals surface area contributed by atoms with Gasteiger partial charge in [0.1, 0.15) is 5.65 Å². The van der Waals surface area contributed by atoms with Crippen LogP contribution in [-0.2, 0) is 13.2 Å². The molecule has 0 fully saturated rings. The van der Waals surface area contributed by atoms with Crippen molar-refractivity contribution in [1.82, 2.24) is 9.55 Å². The third kappa shape index (κ3) is 2.26. The van der Waals surface area contributed by atoms with Gasteiger partial charge >= 0.3 is 6.18 Å². The number of aldehydes is 1. The topological polar surface area (TPSA) is 34.9 Å². The molecule has 2 aromatic heterocycles. The second-order valence-corrected chi connectivity index (χ2v) is 4.95. The number of hydrogen-bond donors (Lipinski definition) is 0. The Balaban J connectivity index is 2.29. The first-order chi connectivity index (χ1) is 10.4. The van der Waals surface area contributed by atoms with E-state index in [0.717, 1.165) is 12.1 Å². The Bertz CT molecular complexity index is 865. The molecule has 6 heteroatoms. The highest BCUT2D eigenvalue weighted by atomic mass is 19.4. The minimum Gasteiger partial charge on any atom is -0.335 e. The van der Waals surface area contributed by atoms with Gasteiger partial charge in [-0.2, -0.15) is 13.2 Å². The van der Waals surface area contributed by atoms with Crippen LogP contribution in [0.5, 0.6) is 0 Å². The summed E-state index contributed by atoms with van der Waals surface area (Å²) < 4.78 is 40.3. The van der Waals surface area contributed by atoms with Gasteiger partial charge in [0.2, 0.25) is 0 Å². The molecule has 0 unspecified atom stereocenters. The summed E-state index contributed by atoms with van der Waals surface area (Å²) in [5.74, 6) is 0. The van der Waals surface area contributed by atoms with Gasteiger partial charge in [-0.3, -0.25) is 4.79 Å². The summed E-state index contributed by atoms with van der Waals surface area (Å²) in [7, 11) is 1.73. The number of alkyl halides is 3. The quantitative estimate of drug-likeness (QED) is 0.669. The predicted octanol–water partition coefficient (Wildman–Crippen LogP) is 4.07. The first-order valence-corrected chi connectivity index (χ1v) is 6.48. The smallest absolute Gasteiger partial charge is 0.335 e. The summed E-state index contributed by atoms with van der Waals surface area (Å²) in [6.07, 6.45) is -0.595. The minimum atomic E-state index is -4.41. The normalized spacial score (nSPS) is 11.8. The SMILES string of the molecule is Cn1cc(C=O)c2c(-c3cccc(C(F)(F)F)c3)ccnc21. The third-order valence-corrected chi connectivity index (χ3v) is 3.51. The zero-order valence-electron chi connectivity index (χ0n) is 11.6. The molecule has 0 saturated carbocycles. The van der Waals surface area contributed by atoms with E-state index in [0.29, 0.717) is 34.0 Å². The molecule has 2 heterocycles. The van der Waals surface area contributed by atoms with Crippen molar-refractivity contribution in [3.63, 3.8) is 0 Å². The number of aryl methyl sites for hydroxylation is 1. The lowest BCUT2D eigenvalue weighted by Crippen LogP contribution is -2.04. The van der Waals surface area contributed by atoms with Gasteiger partial charge in [0.05, 0.1) is 5.56 Å². The fraction of sp³-hybridized carbons (Fsp3) is 0.125. The molecule has 0 spiro atoms. The highest BCUT2D eigenvalue weighted by Gasteiger charge is 2.30. The second-order valence-electron chi connectivity index (χ2n) is 4.95. The highest BCUT2D eigenvalue weighted by Crippen LogP contribution is 2.35. The Morgan fingerprint density at radius 3 is 2.68 bits per heavy atom. The van der Waals surface area contributed by atoms with E-state index >= 15 is 0 Å². The fourth-order valence-corrected chi connectivity index (χ4v) is 2.53. The van der Waals surface area contributed by atoms with Gasteiger partial charge in [0.25, 0.3) is 0 Å². The Morgan fingerprint density at radius 2 is 2.00 bits per heavy atom. The predicted molar refractivity (Wildman–Crippen MR) is 76.5 cm³/mol. The van der Waals surface area contributed by atoms with Crippen molar-refractivity contribution in [2.24, 2.45) is 7.05 Å². The maximum Gasteiger partial charge on any atom is 0.416 e. The molecule has 0 atom stereocenters. The summed E-state index contributed by atoms with van der Waals surface area (Å²) >= 11 is 0. The molecule has 0 amide bonds. The van der Waals surface area contributed by atoms with Crippen LogP contribution in [0.2, 0.25) is 0 Å². The summed E-state index contributed by atoms with van der Waals surface area (Å²) in [6, 6.07) is 6.66. The molecule has 3 aromatic rings. The summed E-state index contributed by atoms with van der Waals surface area (Å²) in [4.78, 5) is 15.4. The minimum absolute atomic E-state index is 0.400. The molecular formula is C16H11F3N2O. The summed E-state index contributed by atoms with van der Waals surface area (Å²) in [5.41, 5.74) is 1.18. The van der Waals surface area contributed by atoms with Crippen LogP contribution in [0.15, 0.2) is 42.7 Å². The summed E-state index contributed by atoms with van der Waals surface area (Å²) in [5, 5.41) is 0.555. The van der Waals surface area contributed by atoms with Crippen LogP contribution in [0, 0.1) is 0 Å². The van der Waals surface area contributed by atoms with E-state index in [-0.39, 0.29) is 0 Å². The average molecular weight is 304 g/mol. The zero-order chi connectivity index (χ0) is 15.9. The van der Waals surface area contributed by atoms with E-state index in [1.54, 1.807) is 29.9 Å². The van der Waals surface area contributed by atoms with Gasteiger partial charge in [0.15, 0.2) is 6.29 Å². The van der Waals surface area contributed by atoms with Crippen LogP contribution >= 0.6 is 0 Å². The fourth-order valence-electron chi connectivity index (χ4n) is 2.53. The molecule has 0 N–H and O–H groups in total. The molecule has 1 aromatic carbocycles. The molecule has 0 saturated heterocycles. The lowest BCUT2D eigenvalue weighted by atomic mass is 9.99. The standard InChI is InChI=1S/C16H11F3N2O/c1-21-8-11(9-22)14-13(5-6-20-15(14)21)10-3-2-4-12(7-10)16(17,18)19/h2-9H,1H3. The maximum atomic E-state index is 12.9. The number of halogens is 3. The second kappa shape index (κ2) is 4.98. The molecule has 0 radical (unpaired) electrons.